The van der Waals surface area contributed by atoms with Gasteiger partial charge in [0.15, 0.2) is 11.6 Å². The van der Waals surface area contributed by atoms with E-state index in [0.29, 0.717) is 32.5 Å². The zero-order chi connectivity index (χ0) is 28.8. The number of benzene rings is 2. The molecule has 0 fully saturated rings. The van der Waals surface area contributed by atoms with Crippen LogP contribution in [-0.4, -0.2) is 48.8 Å². The maximum Gasteiger partial charge on any atom is 0.202 e. The SMILES string of the molecule is CN(C)c1cccc(-c2nnc(Sc3nc(-c4cnccn4)nc4sc5c(c34)CCCC5)n2-c2ccc(Cl)c(Cl)c2)c1. The minimum absolute atomic E-state index is 0.452. The van der Waals surface area contributed by atoms with Gasteiger partial charge in [-0.3, -0.25) is 9.55 Å². The Kier molecular flexibility index (Phi) is 7.31. The molecule has 4 aromatic heterocycles. The number of halogens is 2. The lowest BCUT2D eigenvalue weighted by Gasteiger charge is -2.15. The summed E-state index contributed by atoms with van der Waals surface area (Å²) in [4.78, 5) is 23.1. The van der Waals surface area contributed by atoms with Crippen molar-refractivity contribution in [2.24, 2.45) is 0 Å². The molecule has 1 aliphatic carbocycles. The van der Waals surface area contributed by atoms with Gasteiger partial charge in [-0.25, -0.2) is 15.0 Å². The molecule has 0 amide bonds. The molecule has 0 saturated heterocycles. The van der Waals surface area contributed by atoms with E-state index in [1.807, 2.05) is 42.9 Å². The summed E-state index contributed by atoms with van der Waals surface area (Å²) >= 11 is 16.0. The maximum absolute atomic E-state index is 6.51. The summed E-state index contributed by atoms with van der Waals surface area (Å²) in [6, 6.07) is 13.8. The summed E-state index contributed by atoms with van der Waals surface area (Å²) in [5.74, 6) is 1.22. The molecule has 0 unspecified atom stereocenters. The van der Waals surface area contributed by atoms with Gasteiger partial charge in [0.1, 0.15) is 15.6 Å². The first kappa shape index (κ1) is 27.3. The molecule has 0 bridgehead atoms. The summed E-state index contributed by atoms with van der Waals surface area (Å²) < 4.78 is 2.01. The lowest BCUT2D eigenvalue weighted by molar-refractivity contribution is 0.699. The number of rotatable bonds is 6. The van der Waals surface area contributed by atoms with Crippen LogP contribution < -0.4 is 4.90 Å². The number of thiophene rings is 1. The standard InChI is InChI=1S/C30H24Cl2N8S2/c1-39(2)18-7-5-6-17(14-18)27-37-38-30(40(27)19-10-11-21(31)22(32)15-19)42-29-25-20-8-3-4-9-24(20)41-28(25)35-26(36-29)23-16-33-12-13-34-23/h5-7,10-16H,3-4,8-9H2,1-2H3. The second kappa shape index (κ2) is 11.3. The van der Waals surface area contributed by atoms with E-state index in [4.69, 9.17) is 38.3 Å². The molecule has 4 heterocycles. The highest BCUT2D eigenvalue weighted by atomic mass is 35.5. The van der Waals surface area contributed by atoms with E-state index in [9.17, 15) is 0 Å². The third kappa shape index (κ3) is 5.02. The van der Waals surface area contributed by atoms with Gasteiger partial charge in [0.2, 0.25) is 5.16 Å². The normalized spacial score (nSPS) is 13.0. The van der Waals surface area contributed by atoms with Gasteiger partial charge in [-0.05, 0) is 73.3 Å². The Hall–Kier alpha value is -3.57. The van der Waals surface area contributed by atoms with Crippen molar-refractivity contribution in [2.45, 2.75) is 35.9 Å². The first-order chi connectivity index (χ1) is 20.5. The van der Waals surface area contributed by atoms with Crippen LogP contribution in [0, 0.1) is 0 Å². The number of aromatic nitrogens is 7. The summed E-state index contributed by atoms with van der Waals surface area (Å²) in [5, 5.41) is 12.9. The highest BCUT2D eigenvalue weighted by Crippen LogP contribution is 2.43. The first-order valence-electron chi connectivity index (χ1n) is 13.4. The van der Waals surface area contributed by atoms with Gasteiger partial charge in [-0.15, -0.1) is 21.5 Å². The Morgan fingerprint density at radius 2 is 1.83 bits per heavy atom. The number of anilines is 1. The summed E-state index contributed by atoms with van der Waals surface area (Å²) in [6.07, 6.45) is 9.41. The highest BCUT2D eigenvalue weighted by Gasteiger charge is 2.25. The van der Waals surface area contributed by atoms with Crippen molar-refractivity contribution >= 4 is 62.2 Å². The quantitative estimate of drug-likeness (QED) is 0.172. The van der Waals surface area contributed by atoms with Crippen LogP contribution in [-0.2, 0) is 12.8 Å². The van der Waals surface area contributed by atoms with E-state index >= 15 is 0 Å². The Bertz CT molecular complexity index is 1940. The number of nitrogens with zero attached hydrogens (tertiary/aromatic N) is 8. The van der Waals surface area contributed by atoms with Crippen molar-refractivity contribution in [1.29, 1.82) is 0 Å². The minimum Gasteiger partial charge on any atom is -0.378 e. The molecule has 0 saturated carbocycles. The third-order valence-corrected chi connectivity index (χ3v) is 10.0. The fourth-order valence-corrected chi connectivity index (χ4v) is 7.73. The van der Waals surface area contributed by atoms with Crippen LogP contribution in [0.25, 0.3) is 38.8 Å². The van der Waals surface area contributed by atoms with Crippen molar-refractivity contribution in [1.82, 2.24) is 34.7 Å². The average Bonchev–Trinajstić information content (AvgIpc) is 3.60. The molecule has 42 heavy (non-hydrogen) atoms. The molecular formula is C30H24Cl2N8S2. The maximum atomic E-state index is 6.51. The molecular weight excluding hydrogens is 607 g/mol. The molecule has 0 radical (unpaired) electrons. The van der Waals surface area contributed by atoms with E-state index in [0.717, 1.165) is 51.4 Å². The van der Waals surface area contributed by atoms with Gasteiger partial charge in [-0.1, -0.05) is 35.3 Å². The number of aryl methyl sites for hydroxylation is 2. The predicted octanol–water partition coefficient (Wildman–Crippen LogP) is 7.80. The molecule has 6 aromatic rings. The number of hydrogen-bond donors (Lipinski definition) is 0. The number of hydrogen-bond acceptors (Lipinski definition) is 9. The Morgan fingerprint density at radius 3 is 2.64 bits per heavy atom. The van der Waals surface area contributed by atoms with Crippen LogP contribution in [0.15, 0.2) is 71.2 Å². The van der Waals surface area contributed by atoms with Crippen molar-refractivity contribution in [2.75, 3.05) is 19.0 Å². The Balaban J connectivity index is 1.43. The van der Waals surface area contributed by atoms with Crippen molar-refractivity contribution in [3.8, 4) is 28.6 Å². The van der Waals surface area contributed by atoms with E-state index in [2.05, 4.69) is 32.1 Å². The molecule has 7 rings (SSSR count). The van der Waals surface area contributed by atoms with E-state index < -0.39 is 0 Å². The van der Waals surface area contributed by atoms with Gasteiger partial charge in [-0.2, -0.15) is 0 Å². The van der Waals surface area contributed by atoms with Gasteiger partial charge >= 0.3 is 0 Å². The monoisotopic (exact) mass is 630 g/mol. The van der Waals surface area contributed by atoms with E-state index in [1.165, 1.54) is 28.6 Å². The van der Waals surface area contributed by atoms with E-state index in [1.54, 1.807) is 36.0 Å². The van der Waals surface area contributed by atoms with Crippen LogP contribution in [0.4, 0.5) is 5.69 Å². The molecule has 12 heteroatoms. The van der Waals surface area contributed by atoms with Crippen LogP contribution >= 0.6 is 46.3 Å². The van der Waals surface area contributed by atoms with Crippen molar-refractivity contribution in [3.63, 3.8) is 0 Å². The topological polar surface area (TPSA) is 85.5 Å². The minimum atomic E-state index is 0.452. The van der Waals surface area contributed by atoms with Crippen LogP contribution in [0.2, 0.25) is 10.0 Å². The predicted molar refractivity (Wildman–Crippen MR) is 170 cm³/mol. The van der Waals surface area contributed by atoms with E-state index in [-0.39, 0.29) is 0 Å². The number of fused-ring (bicyclic) bond motifs is 3. The van der Waals surface area contributed by atoms with Crippen LogP contribution in [0.3, 0.4) is 0 Å². The van der Waals surface area contributed by atoms with Crippen LogP contribution in [0.1, 0.15) is 23.3 Å². The second-order valence-electron chi connectivity index (χ2n) is 10.1. The average molecular weight is 632 g/mol. The van der Waals surface area contributed by atoms with Gasteiger partial charge in [0, 0.05) is 48.0 Å². The zero-order valence-corrected chi connectivity index (χ0v) is 25.9. The smallest absolute Gasteiger partial charge is 0.202 e. The largest absolute Gasteiger partial charge is 0.378 e. The molecule has 2 aromatic carbocycles. The third-order valence-electron chi connectivity index (χ3n) is 7.18. The zero-order valence-electron chi connectivity index (χ0n) is 22.8. The summed E-state index contributed by atoms with van der Waals surface area (Å²) in [7, 11) is 4.03. The molecule has 8 nitrogen and oxygen atoms in total. The second-order valence-corrected chi connectivity index (χ2v) is 13.0. The van der Waals surface area contributed by atoms with Crippen molar-refractivity contribution < 1.29 is 0 Å². The molecule has 0 N–H and O–H groups in total. The highest BCUT2D eigenvalue weighted by molar-refractivity contribution is 7.99. The molecule has 210 valence electrons. The van der Waals surface area contributed by atoms with Gasteiger partial charge in [0.25, 0.3) is 0 Å². The van der Waals surface area contributed by atoms with Gasteiger partial charge < -0.3 is 4.90 Å². The molecule has 0 aliphatic heterocycles. The fourth-order valence-electron chi connectivity index (χ4n) is 5.12. The Labute approximate surface area is 260 Å². The lowest BCUT2D eigenvalue weighted by atomic mass is 9.97. The van der Waals surface area contributed by atoms with Gasteiger partial charge in [0.05, 0.1) is 21.9 Å². The summed E-state index contributed by atoms with van der Waals surface area (Å²) in [6.45, 7) is 0. The van der Waals surface area contributed by atoms with Crippen molar-refractivity contribution in [3.05, 3.63) is 81.5 Å². The summed E-state index contributed by atoms with van der Waals surface area (Å²) in [5.41, 5.74) is 4.75. The first-order valence-corrected chi connectivity index (χ1v) is 15.8. The Morgan fingerprint density at radius 1 is 0.952 bits per heavy atom. The molecule has 0 atom stereocenters. The van der Waals surface area contributed by atoms with Crippen LogP contribution in [0.5, 0.6) is 0 Å². The molecule has 1 aliphatic rings. The lowest BCUT2D eigenvalue weighted by Crippen LogP contribution is -2.08. The molecule has 0 spiro atoms. The fraction of sp³-hybridized carbons (Fsp3) is 0.200.